The average Bonchev–Trinajstić information content (AvgIpc) is 2.47. The number of carbonyl (C=O) groups excluding carboxylic acids is 1. The van der Waals surface area contributed by atoms with E-state index in [1.165, 1.54) is 5.56 Å². The number of hydrogen-bond donors (Lipinski definition) is 1. The van der Waals surface area contributed by atoms with Crippen molar-refractivity contribution in [3.05, 3.63) is 59.2 Å². The summed E-state index contributed by atoms with van der Waals surface area (Å²) in [6, 6.07) is 14.3. The molecule has 0 saturated carbocycles. The monoisotopic (exact) mass is 265 g/mol. The Morgan fingerprint density at radius 1 is 1.10 bits per heavy atom. The predicted molar refractivity (Wildman–Crippen MR) is 79.3 cm³/mol. The van der Waals surface area contributed by atoms with Crippen molar-refractivity contribution in [1.82, 2.24) is 0 Å². The highest BCUT2D eigenvalue weighted by Crippen LogP contribution is 2.31. The van der Waals surface area contributed by atoms with E-state index in [1.54, 1.807) is 6.08 Å². The third-order valence-electron chi connectivity index (χ3n) is 3.42. The van der Waals surface area contributed by atoms with Gasteiger partial charge in [0.15, 0.2) is 0 Å². The highest BCUT2D eigenvalue weighted by atomic mass is 16.5. The van der Waals surface area contributed by atoms with Gasteiger partial charge < -0.3 is 10.5 Å². The van der Waals surface area contributed by atoms with Crippen LogP contribution in [0.1, 0.15) is 11.1 Å². The molecule has 0 fully saturated rings. The Kier molecular flexibility index (Phi) is 3.03. The summed E-state index contributed by atoms with van der Waals surface area (Å²) in [6.45, 7) is 2.30. The zero-order chi connectivity index (χ0) is 14.1. The Labute approximate surface area is 117 Å². The molecule has 1 heterocycles. The van der Waals surface area contributed by atoms with Gasteiger partial charge >= 0.3 is 0 Å². The molecular weight excluding hydrogens is 250 g/mol. The fraction of sp³-hybridized carbons (Fsp3) is 0.118. The largest absolute Gasteiger partial charge is 0.488 e. The summed E-state index contributed by atoms with van der Waals surface area (Å²) in [5, 5.41) is 0. The van der Waals surface area contributed by atoms with Gasteiger partial charge in [-0.05, 0) is 36.3 Å². The second-order valence-electron chi connectivity index (χ2n) is 4.94. The summed E-state index contributed by atoms with van der Waals surface area (Å²) in [5.41, 5.74) is 10.2. The molecule has 0 saturated heterocycles. The predicted octanol–water partition coefficient (Wildman–Crippen LogP) is 2.92. The average molecular weight is 265 g/mol. The van der Waals surface area contributed by atoms with E-state index in [0.717, 1.165) is 22.4 Å². The molecule has 0 radical (unpaired) electrons. The summed E-state index contributed by atoms with van der Waals surface area (Å²) in [6.07, 6.45) is 1.80. The molecule has 2 N–H and O–H groups in total. The summed E-state index contributed by atoms with van der Waals surface area (Å²) in [5.74, 6) is 0.349. The van der Waals surface area contributed by atoms with Crippen LogP contribution in [-0.2, 0) is 4.79 Å². The molecule has 1 amide bonds. The molecule has 2 aromatic rings. The highest BCUT2D eigenvalue weighted by Gasteiger charge is 2.15. The first-order valence-electron chi connectivity index (χ1n) is 6.48. The lowest BCUT2D eigenvalue weighted by Crippen LogP contribution is -2.21. The molecular formula is C17H15NO2. The van der Waals surface area contributed by atoms with Crippen LogP contribution in [0.3, 0.4) is 0 Å². The quantitative estimate of drug-likeness (QED) is 0.907. The number of fused-ring (bicyclic) bond motifs is 1. The lowest BCUT2D eigenvalue weighted by molar-refractivity contribution is -0.114. The summed E-state index contributed by atoms with van der Waals surface area (Å²) >= 11 is 0. The van der Waals surface area contributed by atoms with Crippen molar-refractivity contribution >= 4 is 12.0 Å². The first-order valence-corrected chi connectivity index (χ1v) is 6.48. The number of carbonyl (C=O) groups is 1. The van der Waals surface area contributed by atoms with Crippen LogP contribution in [-0.4, -0.2) is 12.5 Å². The fourth-order valence-corrected chi connectivity index (χ4v) is 2.25. The number of nitrogens with two attached hydrogens (primary N) is 1. The maximum Gasteiger partial charge on any atom is 0.248 e. The Morgan fingerprint density at radius 2 is 1.80 bits per heavy atom. The molecule has 0 aliphatic carbocycles. The van der Waals surface area contributed by atoms with Crippen LogP contribution >= 0.6 is 0 Å². The van der Waals surface area contributed by atoms with Crippen molar-refractivity contribution in [3.8, 4) is 16.9 Å². The van der Waals surface area contributed by atoms with Gasteiger partial charge in [0.25, 0.3) is 0 Å². The third kappa shape index (κ3) is 2.30. The zero-order valence-electron chi connectivity index (χ0n) is 11.2. The number of hydrogen-bond acceptors (Lipinski definition) is 2. The molecule has 3 nitrogen and oxygen atoms in total. The fourth-order valence-electron chi connectivity index (χ4n) is 2.25. The minimum absolute atomic E-state index is 0.242. The minimum Gasteiger partial charge on any atom is -0.488 e. The van der Waals surface area contributed by atoms with Gasteiger partial charge in [-0.2, -0.15) is 0 Å². The Morgan fingerprint density at radius 3 is 2.50 bits per heavy atom. The van der Waals surface area contributed by atoms with Crippen LogP contribution < -0.4 is 10.5 Å². The van der Waals surface area contributed by atoms with Crippen molar-refractivity contribution < 1.29 is 9.53 Å². The van der Waals surface area contributed by atoms with E-state index < -0.39 is 5.91 Å². The molecule has 0 aromatic heterocycles. The van der Waals surface area contributed by atoms with E-state index in [0.29, 0.717) is 5.57 Å². The normalized spacial score (nSPS) is 13.2. The van der Waals surface area contributed by atoms with Gasteiger partial charge in [0.2, 0.25) is 5.91 Å². The van der Waals surface area contributed by atoms with Crippen molar-refractivity contribution in [2.24, 2.45) is 5.73 Å². The number of aryl methyl sites for hydroxylation is 1. The first-order chi connectivity index (χ1) is 9.63. The van der Waals surface area contributed by atoms with Gasteiger partial charge in [-0.25, -0.2) is 0 Å². The van der Waals surface area contributed by atoms with E-state index >= 15 is 0 Å². The van der Waals surface area contributed by atoms with Crippen molar-refractivity contribution in [2.45, 2.75) is 6.92 Å². The van der Waals surface area contributed by atoms with E-state index in [2.05, 4.69) is 31.2 Å². The van der Waals surface area contributed by atoms with Crippen molar-refractivity contribution in [1.29, 1.82) is 0 Å². The number of ether oxygens (including phenoxy) is 1. The number of benzene rings is 2. The molecule has 0 bridgehead atoms. The van der Waals surface area contributed by atoms with Crippen LogP contribution in [0.2, 0.25) is 0 Å². The second kappa shape index (κ2) is 4.85. The molecule has 20 heavy (non-hydrogen) atoms. The molecule has 0 unspecified atom stereocenters. The van der Waals surface area contributed by atoms with E-state index in [-0.39, 0.29) is 6.61 Å². The Balaban J connectivity index is 2.03. The van der Waals surface area contributed by atoms with Crippen LogP contribution in [0, 0.1) is 6.92 Å². The van der Waals surface area contributed by atoms with Crippen LogP contribution in [0.15, 0.2) is 48.0 Å². The maximum absolute atomic E-state index is 11.2. The van der Waals surface area contributed by atoms with Crippen LogP contribution in [0.25, 0.3) is 17.2 Å². The van der Waals surface area contributed by atoms with Gasteiger partial charge in [0.1, 0.15) is 12.4 Å². The number of amides is 1. The summed E-state index contributed by atoms with van der Waals surface area (Å²) in [7, 11) is 0. The SMILES string of the molecule is Cc1ccc(-c2ccc3c(c2)C=C(C(N)=O)CO3)cc1. The number of primary amides is 1. The lowest BCUT2D eigenvalue weighted by atomic mass is 9.99. The Hall–Kier alpha value is -2.55. The third-order valence-corrected chi connectivity index (χ3v) is 3.42. The van der Waals surface area contributed by atoms with Crippen molar-refractivity contribution in [3.63, 3.8) is 0 Å². The minimum atomic E-state index is -0.434. The zero-order valence-corrected chi connectivity index (χ0v) is 11.2. The maximum atomic E-state index is 11.2. The molecule has 0 atom stereocenters. The van der Waals surface area contributed by atoms with E-state index in [4.69, 9.17) is 10.5 Å². The van der Waals surface area contributed by atoms with Gasteiger partial charge in [0, 0.05) is 5.56 Å². The molecule has 1 aliphatic heterocycles. The van der Waals surface area contributed by atoms with Gasteiger partial charge in [-0.3, -0.25) is 4.79 Å². The summed E-state index contributed by atoms with van der Waals surface area (Å²) in [4.78, 5) is 11.2. The van der Waals surface area contributed by atoms with Gasteiger partial charge in [-0.1, -0.05) is 35.9 Å². The molecule has 3 rings (SSSR count). The van der Waals surface area contributed by atoms with Gasteiger partial charge in [0.05, 0.1) is 5.57 Å². The molecule has 3 heteroatoms. The lowest BCUT2D eigenvalue weighted by Gasteiger charge is -2.17. The summed E-state index contributed by atoms with van der Waals surface area (Å²) < 4.78 is 5.54. The standard InChI is InChI=1S/C17H15NO2/c1-11-2-4-12(5-3-11)13-6-7-16-14(8-13)9-15(10-20-16)17(18)19/h2-9H,10H2,1H3,(H2,18,19). The highest BCUT2D eigenvalue weighted by molar-refractivity contribution is 5.98. The van der Waals surface area contributed by atoms with E-state index in [9.17, 15) is 4.79 Å². The Bertz CT molecular complexity index is 699. The second-order valence-corrected chi connectivity index (χ2v) is 4.94. The molecule has 2 aromatic carbocycles. The topological polar surface area (TPSA) is 52.3 Å². The van der Waals surface area contributed by atoms with Crippen LogP contribution in [0.5, 0.6) is 5.75 Å². The smallest absolute Gasteiger partial charge is 0.248 e. The van der Waals surface area contributed by atoms with Gasteiger partial charge in [-0.15, -0.1) is 0 Å². The molecule has 0 spiro atoms. The molecule has 100 valence electrons. The van der Waals surface area contributed by atoms with E-state index in [1.807, 2.05) is 18.2 Å². The van der Waals surface area contributed by atoms with Crippen LogP contribution in [0.4, 0.5) is 0 Å². The molecule has 1 aliphatic rings. The number of rotatable bonds is 2. The van der Waals surface area contributed by atoms with Crippen molar-refractivity contribution in [2.75, 3.05) is 6.61 Å². The first kappa shape index (κ1) is 12.5.